The van der Waals surface area contributed by atoms with E-state index >= 15 is 0 Å². The van der Waals surface area contributed by atoms with Gasteiger partial charge in [0.2, 0.25) is 0 Å². The Kier molecular flexibility index (Phi) is 4.93. The van der Waals surface area contributed by atoms with Crippen molar-refractivity contribution < 1.29 is 14.3 Å². The van der Waals surface area contributed by atoms with Gasteiger partial charge in [-0.2, -0.15) is 0 Å². The van der Waals surface area contributed by atoms with Crippen molar-refractivity contribution in [3.8, 4) is 0 Å². The first-order valence-electron chi connectivity index (χ1n) is 6.48. The van der Waals surface area contributed by atoms with Crippen LogP contribution in [0.25, 0.3) is 0 Å². The zero-order valence-electron chi connectivity index (χ0n) is 11.6. The lowest BCUT2D eigenvalue weighted by atomic mass is 10.2. The third kappa shape index (κ3) is 4.51. The molecule has 1 rings (SSSR count). The highest BCUT2D eigenvalue weighted by molar-refractivity contribution is 5.92. The summed E-state index contributed by atoms with van der Waals surface area (Å²) in [7, 11) is 0. The van der Waals surface area contributed by atoms with Gasteiger partial charge < -0.3 is 4.74 Å². The van der Waals surface area contributed by atoms with E-state index in [-0.39, 0.29) is 18.4 Å². The number of ether oxygens (including phenoxy) is 1. The first-order chi connectivity index (χ1) is 8.33. The second-order valence-corrected chi connectivity index (χ2v) is 5.72. The van der Waals surface area contributed by atoms with E-state index in [1.165, 1.54) is 6.08 Å². The van der Waals surface area contributed by atoms with Crippen LogP contribution in [0.15, 0.2) is 12.7 Å². The van der Waals surface area contributed by atoms with E-state index in [9.17, 15) is 9.59 Å². The summed E-state index contributed by atoms with van der Waals surface area (Å²) in [5.41, 5.74) is -0.537. The summed E-state index contributed by atoms with van der Waals surface area (Å²) in [4.78, 5) is 25.2. The number of hydrogen-bond acceptors (Lipinski definition) is 3. The second kappa shape index (κ2) is 6.03. The minimum absolute atomic E-state index is 0.0725. The smallest absolute Gasteiger partial charge is 0.410 e. The Morgan fingerprint density at radius 3 is 2.33 bits per heavy atom. The van der Waals surface area contributed by atoms with E-state index in [1.807, 2.05) is 20.8 Å². The molecular weight excluding hydrogens is 230 g/mol. The molecule has 0 spiro atoms. The van der Waals surface area contributed by atoms with E-state index in [0.717, 1.165) is 25.7 Å². The summed E-state index contributed by atoms with van der Waals surface area (Å²) < 4.78 is 5.36. The number of carbonyl (C=O) groups is 2. The lowest BCUT2D eigenvalue weighted by Crippen LogP contribution is -2.44. The van der Waals surface area contributed by atoms with Crippen LogP contribution in [0, 0.1) is 0 Å². The van der Waals surface area contributed by atoms with Crippen LogP contribution in [0.1, 0.15) is 46.5 Å². The molecule has 1 amide bonds. The standard InChI is InChI=1S/C14H23NO3/c1-5-12(16)10-15(11-8-6-7-9-11)13(17)18-14(2,3)4/h5,11H,1,6-10H2,2-4H3. The molecule has 0 aromatic carbocycles. The van der Waals surface area contributed by atoms with Crippen LogP contribution < -0.4 is 0 Å². The third-order valence-corrected chi connectivity index (χ3v) is 2.95. The quantitative estimate of drug-likeness (QED) is 0.724. The van der Waals surface area contributed by atoms with Crippen molar-refractivity contribution in [2.24, 2.45) is 0 Å². The van der Waals surface area contributed by atoms with Crippen molar-refractivity contribution >= 4 is 11.9 Å². The first kappa shape index (κ1) is 14.7. The van der Waals surface area contributed by atoms with Crippen molar-refractivity contribution in [1.29, 1.82) is 0 Å². The van der Waals surface area contributed by atoms with Gasteiger partial charge in [0.15, 0.2) is 5.78 Å². The molecule has 1 saturated carbocycles. The maximum atomic E-state index is 12.1. The Labute approximate surface area is 109 Å². The fourth-order valence-corrected chi connectivity index (χ4v) is 2.11. The molecule has 0 N–H and O–H groups in total. The summed E-state index contributed by atoms with van der Waals surface area (Å²) in [5.74, 6) is -0.146. The number of carbonyl (C=O) groups excluding carboxylic acids is 2. The maximum absolute atomic E-state index is 12.1. The molecule has 0 atom stereocenters. The van der Waals surface area contributed by atoms with Gasteiger partial charge in [-0.1, -0.05) is 19.4 Å². The Bertz CT molecular complexity index is 324. The Hall–Kier alpha value is -1.32. The molecule has 0 heterocycles. The van der Waals surface area contributed by atoms with Gasteiger partial charge in [0.25, 0.3) is 0 Å². The van der Waals surface area contributed by atoms with Crippen LogP contribution in [0.5, 0.6) is 0 Å². The fourth-order valence-electron chi connectivity index (χ4n) is 2.11. The van der Waals surface area contributed by atoms with Crippen molar-refractivity contribution in [2.75, 3.05) is 6.54 Å². The largest absolute Gasteiger partial charge is 0.444 e. The molecule has 0 bridgehead atoms. The number of nitrogens with zero attached hydrogens (tertiary/aromatic N) is 1. The van der Waals surface area contributed by atoms with Crippen LogP contribution in [0.4, 0.5) is 4.79 Å². The molecule has 0 unspecified atom stereocenters. The van der Waals surface area contributed by atoms with E-state index in [2.05, 4.69) is 6.58 Å². The van der Waals surface area contributed by atoms with E-state index < -0.39 is 11.7 Å². The zero-order valence-corrected chi connectivity index (χ0v) is 11.6. The highest BCUT2D eigenvalue weighted by Gasteiger charge is 2.31. The Morgan fingerprint density at radius 1 is 1.33 bits per heavy atom. The predicted octanol–water partition coefficient (Wildman–Crippen LogP) is 2.92. The summed E-state index contributed by atoms with van der Waals surface area (Å²) in [6.07, 6.45) is 4.96. The Morgan fingerprint density at radius 2 is 1.89 bits per heavy atom. The molecule has 102 valence electrons. The van der Waals surface area contributed by atoms with E-state index in [4.69, 9.17) is 4.74 Å². The molecule has 1 aliphatic rings. The lowest BCUT2D eigenvalue weighted by Gasteiger charge is -2.30. The van der Waals surface area contributed by atoms with Gasteiger partial charge in [0.1, 0.15) is 5.60 Å². The SMILES string of the molecule is C=CC(=O)CN(C(=O)OC(C)(C)C)C1CCCC1. The third-order valence-electron chi connectivity index (χ3n) is 2.95. The highest BCUT2D eigenvalue weighted by Crippen LogP contribution is 2.25. The molecule has 4 nitrogen and oxygen atoms in total. The summed E-state index contributed by atoms with van der Waals surface area (Å²) in [5, 5.41) is 0. The molecule has 0 saturated heterocycles. The van der Waals surface area contributed by atoms with E-state index in [1.54, 1.807) is 4.90 Å². The van der Waals surface area contributed by atoms with Gasteiger partial charge in [-0.05, 0) is 39.7 Å². The van der Waals surface area contributed by atoms with Crippen molar-refractivity contribution in [2.45, 2.75) is 58.1 Å². The minimum Gasteiger partial charge on any atom is -0.444 e. The molecule has 0 aliphatic heterocycles. The van der Waals surface area contributed by atoms with Gasteiger partial charge in [0, 0.05) is 6.04 Å². The monoisotopic (exact) mass is 253 g/mol. The number of amides is 1. The van der Waals surface area contributed by atoms with Gasteiger partial charge in [-0.3, -0.25) is 9.69 Å². The average Bonchev–Trinajstić information content (AvgIpc) is 2.75. The number of hydrogen-bond donors (Lipinski definition) is 0. The van der Waals surface area contributed by atoms with Gasteiger partial charge >= 0.3 is 6.09 Å². The molecule has 1 aliphatic carbocycles. The molecular formula is C14H23NO3. The van der Waals surface area contributed by atoms with Crippen LogP contribution in [0.3, 0.4) is 0 Å². The van der Waals surface area contributed by atoms with Crippen molar-refractivity contribution in [3.05, 3.63) is 12.7 Å². The van der Waals surface area contributed by atoms with Crippen LogP contribution >= 0.6 is 0 Å². The van der Waals surface area contributed by atoms with Gasteiger partial charge in [0.05, 0.1) is 6.54 Å². The Balaban J connectivity index is 2.72. The first-order valence-corrected chi connectivity index (χ1v) is 6.48. The van der Waals surface area contributed by atoms with Crippen molar-refractivity contribution in [1.82, 2.24) is 4.90 Å². The highest BCUT2D eigenvalue weighted by atomic mass is 16.6. The summed E-state index contributed by atoms with van der Waals surface area (Å²) in [6.45, 7) is 9.00. The van der Waals surface area contributed by atoms with Crippen LogP contribution in [-0.4, -0.2) is 35.0 Å². The number of rotatable bonds is 4. The normalized spacial score (nSPS) is 16.4. The number of ketones is 1. The maximum Gasteiger partial charge on any atom is 0.410 e. The van der Waals surface area contributed by atoms with Crippen molar-refractivity contribution in [3.63, 3.8) is 0 Å². The molecule has 1 fully saturated rings. The van der Waals surface area contributed by atoms with Gasteiger partial charge in [-0.25, -0.2) is 4.79 Å². The molecule has 4 heteroatoms. The second-order valence-electron chi connectivity index (χ2n) is 5.72. The van der Waals surface area contributed by atoms with E-state index in [0.29, 0.717) is 0 Å². The van der Waals surface area contributed by atoms with Gasteiger partial charge in [-0.15, -0.1) is 0 Å². The predicted molar refractivity (Wildman–Crippen MR) is 70.4 cm³/mol. The molecule has 0 aromatic rings. The fraction of sp³-hybridized carbons (Fsp3) is 0.714. The average molecular weight is 253 g/mol. The van der Waals surface area contributed by atoms with Crippen LogP contribution in [0.2, 0.25) is 0 Å². The zero-order chi connectivity index (χ0) is 13.8. The molecule has 18 heavy (non-hydrogen) atoms. The topological polar surface area (TPSA) is 46.6 Å². The minimum atomic E-state index is -0.537. The summed E-state index contributed by atoms with van der Waals surface area (Å²) >= 11 is 0. The lowest BCUT2D eigenvalue weighted by molar-refractivity contribution is -0.116. The molecule has 0 radical (unpaired) electrons. The summed E-state index contributed by atoms with van der Waals surface area (Å²) in [6, 6.07) is 0.128. The molecule has 0 aromatic heterocycles. The van der Waals surface area contributed by atoms with Crippen LogP contribution in [-0.2, 0) is 9.53 Å².